The van der Waals surface area contributed by atoms with Crippen LogP contribution in [0.25, 0.3) is 0 Å². The van der Waals surface area contributed by atoms with Crippen LogP contribution < -0.4 is 0 Å². The maximum Gasteiger partial charge on any atom is 0.0543 e. The van der Waals surface area contributed by atoms with Crippen molar-refractivity contribution in [2.75, 3.05) is 19.6 Å². The molecule has 4 rings (SSSR count). The van der Waals surface area contributed by atoms with Crippen molar-refractivity contribution in [2.24, 2.45) is 10.8 Å². The van der Waals surface area contributed by atoms with Gasteiger partial charge in [0.2, 0.25) is 0 Å². The van der Waals surface area contributed by atoms with Gasteiger partial charge in [-0.25, -0.2) is 0 Å². The number of hydrogen-bond donors (Lipinski definition) is 0. The lowest BCUT2D eigenvalue weighted by molar-refractivity contribution is 0.112. The average molecular weight is 328 g/mol. The molecule has 0 spiro atoms. The third-order valence-corrected chi connectivity index (χ3v) is 7.24. The summed E-state index contributed by atoms with van der Waals surface area (Å²) < 4.78 is 2.23. The lowest BCUT2D eigenvalue weighted by Gasteiger charge is -2.38. The van der Waals surface area contributed by atoms with Gasteiger partial charge in [-0.1, -0.05) is 19.9 Å². The van der Waals surface area contributed by atoms with E-state index in [9.17, 15) is 0 Å². The number of likely N-dealkylation sites (tertiary alicyclic amines) is 1. The van der Waals surface area contributed by atoms with E-state index in [4.69, 9.17) is 0 Å². The second-order valence-corrected chi connectivity index (χ2v) is 9.16. The number of fused-ring (bicyclic) bond motifs is 2. The van der Waals surface area contributed by atoms with Crippen LogP contribution in [0, 0.1) is 10.8 Å². The Bertz CT molecular complexity index is 584. The quantitative estimate of drug-likeness (QED) is 0.726. The van der Waals surface area contributed by atoms with Crippen LogP contribution in [0.4, 0.5) is 0 Å². The fourth-order valence-corrected chi connectivity index (χ4v) is 5.54. The van der Waals surface area contributed by atoms with Gasteiger partial charge in [0, 0.05) is 25.8 Å². The highest BCUT2D eigenvalue weighted by Gasteiger charge is 2.52. The lowest BCUT2D eigenvalue weighted by atomic mass is 9.81. The molecule has 3 aliphatic rings. The van der Waals surface area contributed by atoms with Crippen LogP contribution in [-0.2, 0) is 0 Å². The van der Waals surface area contributed by atoms with E-state index in [2.05, 4.69) is 53.6 Å². The number of rotatable bonds is 5. The van der Waals surface area contributed by atoms with E-state index in [-0.39, 0.29) is 0 Å². The van der Waals surface area contributed by atoms with Gasteiger partial charge in [-0.15, -0.1) is 6.58 Å². The summed E-state index contributed by atoms with van der Waals surface area (Å²) in [5.41, 5.74) is 2.48. The zero-order chi connectivity index (χ0) is 16.8. The smallest absolute Gasteiger partial charge is 0.0543 e. The SMILES string of the molecule is C=CC12CCC(CN3CCC(n4cc(C(C)C)cn4)CC3)(CC1)C2. The van der Waals surface area contributed by atoms with Crippen molar-refractivity contribution in [3.63, 3.8) is 0 Å². The molecule has 2 aliphatic carbocycles. The maximum absolute atomic E-state index is 4.63. The molecule has 3 heteroatoms. The molecule has 1 aromatic rings. The summed E-state index contributed by atoms with van der Waals surface area (Å²) in [5.74, 6) is 0.577. The van der Waals surface area contributed by atoms with E-state index in [1.807, 2.05) is 0 Å². The van der Waals surface area contributed by atoms with Crippen molar-refractivity contribution in [3.8, 4) is 0 Å². The van der Waals surface area contributed by atoms with Gasteiger partial charge in [-0.2, -0.15) is 5.10 Å². The topological polar surface area (TPSA) is 21.1 Å². The molecular formula is C21H33N3. The number of aromatic nitrogens is 2. The Hall–Kier alpha value is -1.09. The van der Waals surface area contributed by atoms with Crippen LogP contribution in [0.15, 0.2) is 25.0 Å². The Balaban J connectivity index is 1.33. The molecule has 0 N–H and O–H groups in total. The summed E-state index contributed by atoms with van der Waals surface area (Å²) in [4.78, 5) is 2.74. The Morgan fingerprint density at radius 3 is 2.50 bits per heavy atom. The number of nitrogens with zero attached hydrogens (tertiary/aromatic N) is 3. The Labute approximate surface area is 147 Å². The minimum atomic E-state index is 0.501. The van der Waals surface area contributed by atoms with Gasteiger partial charge in [0.1, 0.15) is 0 Å². The van der Waals surface area contributed by atoms with Crippen molar-refractivity contribution >= 4 is 0 Å². The average Bonchev–Trinajstić information content (AvgIpc) is 3.29. The van der Waals surface area contributed by atoms with Gasteiger partial charge < -0.3 is 4.90 Å². The van der Waals surface area contributed by atoms with Crippen LogP contribution in [-0.4, -0.2) is 34.3 Å². The second-order valence-electron chi connectivity index (χ2n) is 9.16. The van der Waals surface area contributed by atoms with Gasteiger partial charge in [-0.05, 0) is 67.3 Å². The molecule has 0 atom stereocenters. The zero-order valence-electron chi connectivity index (χ0n) is 15.5. The molecule has 0 aromatic carbocycles. The van der Waals surface area contributed by atoms with E-state index in [1.165, 1.54) is 70.1 Å². The van der Waals surface area contributed by atoms with E-state index in [1.54, 1.807) is 0 Å². The Morgan fingerprint density at radius 2 is 1.96 bits per heavy atom. The van der Waals surface area contributed by atoms with Crippen molar-refractivity contribution in [1.82, 2.24) is 14.7 Å². The molecule has 1 aromatic heterocycles. The molecule has 0 unspecified atom stereocenters. The highest BCUT2D eigenvalue weighted by molar-refractivity contribution is 5.12. The van der Waals surface area contributed by atoms with E-state index >= 15 is 0 Å². The predicted octanol–water partition coefficient (Wildman–Crippen LogP) is 4.78. The molecule has 0 amide bonds. The monoisotopic (exact) mass is 327 g/mol. The van der Waals surface area contributed by atoms with Gasteiger partial charge in [0.05, 0.1) is 12.2 Å². The first-order chi connectivity index (χ1) is 11.5. The molecule has 2 heterocycles. The van der Waals surface area contributed by atoms with Gasteiger partial charge in [-0.3, -0.25) is 4.68 Å². The van der Waals surface area contributed by atoms with E-state index < -0.39 is 0 Å². The molecule has 0 radical (unpaired) electrons. The van der Waals surface area contributed by atoms with Crippen LogP contribution in [0.3, 0.4) is 0 Å². The van der Waals surface area contributed by atoms with Crippen molar-refractivity contribution in [2.45, 2.75) is 70.8 Å². The summed E-state index contributed by atoms with van der Waals surface area (Å²) in [5, 5.41) is 4.63. The maximum atomic E-state index is 4.63. The second kappa shape index (κ2) is 6.01. The van der Waals surface area contributed by atoms with E-state index in [0.717, 1.165) is 0 Å². The fourth-order valence-electron chi connectivity index (χ4n) is 5.54. The van der Waals surface area contributed by atoms with Gasteiger partial charge in [0.25, 0.3) is 0 Å². The van der Waals surface area contributed by atoms with Crippen LogP contribution in [0.5, 0.6) is 0 Å². The van der Waals surface area contributed by atoms with Crippen molar-refractivity contribution in [1.29, 1.82) is 0 Å². The van der Waals surface area contributed by atoms with Crippen molar-refractivity contribution in [3.05, 3.63) is 30.6 Å². The standard InChI is InChI=1S/C21H33N3/c1-4-20-7-9-21(15-20,10-8-20)16-23-11-5-19(6-12-23)24-14-18(13-22-24)17(2)3/h4,13-14,17,19H,1,5-12,15-16H2,2-3H3. The highest BCUT2D eigenvalue weighted by Crippen LogP contribution is 2.62. The molecule has 3 fully saturated rings. The minimum absolute atomic E-state index is 0.501. The molecule has 1 saturated heterocycles. The van der Waals surface area contributed by atoms with Gasteiger partial charge >= 0.3 is 0 Å². The zero-order valence-corrected chi connectivity index (χ0v) is 15.5. The predicted molar refractivity (Wildman–Crippen MR) is 99.2 cm³/mol. The molecule has 1 aliphatic heterocycles. The first-order valence-corrected chi connectivity index (χ1v) is 9.93. The minimum Gasteiger partial charge on any atom is -0.303 e. The first-order valence-electron chi connectivity index (χ1n) is 9.93. The summed E-state index contributed by atoms with van der Waals surface area (Å²) in [6.07, 6.45) is 16.1. The summed E-state index contributed by atoms with van der Waals surface area (Å²) in [7, 11) is 0. The van der Waals surface area contributed by atoms with Crippen LogP contribution in [0.1, 0.15) is 76.3 Å². The Morgan fingerprint density at radius 1 is 1.25 bits per heavy atom. The lowest BCUT2D eigenvalue weighted by Crippen LogP contribution is -2.41. The van der Waals surface area contributed by atoms with Crippen LogP contribution >= 0.6 is 0 Å². The van der Waals surface area contributed by atoms with E-state index in [0.29, 0.717) is 22.8 Å². The largest absolute Gasteiger partial charge is 0.303 e. The molecule has 2 saturated carbocycles. The first kappa shape index (κ1) is 16.4. The highest BCUT2D eigenvalue weighted by atomic mass is 15.3. The molecule has 24 heavy (non-hydrogen) atoms. The number of piperidine rings is 1. The molecule has 2 bridgehead atoms. The Kier molecular flexibility index (Phi) is 4.11. The summed E-state index contributed by atoms with van der Waals surface area (Å²) in [6, 6.07) is 0.602. The normalized spacial score (nSPS) is 34.3. The van der Waals surface area contributed by atoms with Crippen molar-refractivity contribution < 1.29 is 0 Å². The third-order valence-electron chi connectivity index (χ3n) is 7.24. The number of allylic oxidation sites excluding steroid dienone is 1. The summed E-state index contributed by atoms with van der Waals surface area (Å²) >= 11 is 0. The molecule has 3 nitrogen and oxygen atoms in total. The van der Waals surface area contributed by atoms with Crippen LogP contribution in [0.2, 0.25) is 0 Å². The third kappa shape index (κ3) is 2.85. The molecule has 132 valence electrons. The fraction of sp³-hybridized carbons (Fsp3) is 0.762. The summed E-state index contributed by atoms with van der Waals surface area (Å²) in [6.45, 7) is 12.4. The molecular weight excluding hydrogens is 294 g/mol. The van der Waals surface area contributed by atoms with Gasteiger partial charge in [0.15, 0.2) is 0 Å². The number of hydrogen-bond acceptors (Lipinski definition) is 2.